The number of para-hydroxylation sites is 2. The van der Waals surface area contributed by atoms with Crippen LogP contribution in [0.4, 0.5) is 32.1 Å². The van der Waals surface area contributed by atoms with Crippen molar-refractivity contribution >= 4 is 67.8 Å². The third-order valence-electron chi connectivity index (χ3n) is 16.1. The summed E-state index contributed by atoms with van der Waals surface area (Å²) in [6.45, 7) is 21.7. The van der Waals surface area contributed by atoms with Gasteiger partial charge in [0, 0.05) is 94.6 Å². The summed E-state index contributed by atoms with van der Waals surface area (Å²) >= 11 is 4.71. The Labute approximate surface area is 506 Å². The number of amides is 1. The molecule has 4 aliphatic heterocycles. The van der Waals surface area contributed by atoms with Crippen LogP contribution in [-0.4, -0.2) is 114 Å². The normalized spacial score (nSPS) is 14.4. The number of piperidine rings is 2. The summed E-state index contributed by atoms with van der Waals surface area (Å²) in [5.41, 5.74) is 11.6. The van der Waals surface area contributed by atoms with Crippen molar-refractivity contribution in [2.24, 2.45) is 0 Å². The molecule has 4 aliphatic rings. The minimum absolute atomic E-state index is 0.00188. The van der Waals surface area contributed by atoms with Gasteiger partial charge in [-0.15, -0.1) is 0 Å². The Morgan fingerprint density at radius 2 is 1.12 bits per heavy atom. The molecule has 15 nitrogen and oxygen atoms in total. The molecule has 8 aromatic rings. The minimum Gasteiger partial charge on any atom is -0.496 e. The molecule has 2 fully saturated rings. The van der Waals surface area contributed by atoms with E-state index in [4.69, 9.17) is 40.5 Å². The van der Waals surface area contributed by atoms with Crippen molar-refractivity contribution in [2.75, 3.05) is 83.9 Å². The van der Waals surface area contributed by atoms with Crippen molar-refractivity contribution in [2.45, 2.75) is 71.1 Å². The van der Waals surface area contributed by atoms with E-state index in [1.807, 2.05) is 47.4 Å². The van der Waals surface area contributed by atoms with Crippen LogP contribution in [0.25, 0.3) is 44.1 Å². The summed E-state index contributed by atoms with van der Waals surface area (Å²) < 4.78 is 50.7. The lowest BCUT2D eigenvalue weighted by atomic mass is 9.85. The molecular formula is C68H74ClF2N9O6. The fourth-order valence-electron chi connectivity index (χ4n) is 11.6. The maximum atomic E-state index is 13.8. The van der Waals surface area contributed by atoms with E-state index < -0.39 is 5.24 Å². The molecule has 0 aliphatic carbocycles. The Bertz CT molecular complexity index is 3710. The molecule has 3 N–H and O–H groups in total. The van der Waals surface area contributed by atoms with Crippen LogP contribution in [0.15, 0.2) is 135 Å². The maximum Gasteiger partial charge on any atom is 0.245 e. The van der Waals surface area contributed by atoms with Gasteiger partial charge in [-0.05, 0) is 142 Å². The zero-order valence-electron chi connectivity index (χ0n) is 49.5. The van der Waals surface area contributed by atoms with Gasteiger partial charge in [-0.2, -0.15) is 0 Å². The predicted octanol–water partition coefficient (Wildman–Crippen LogP) is 13.9. The number of likely N-dealkylation sites (tertiary alicyclic amines) is 1. The first kappa shape index (κ1) is 62.0. The fourth-order valence-corrected chi connectivity index (χ4v) is 11.6. The summed E-state index contributed by atoms with van der Waals surface area (Å²) in [4.78, 5) is 44.5. The van der Waals surface area contributed by atoms with Gasteiger partial charge in [0.1, 0.15) is 34.6 Å². The molecular weight excluding hydrogens is 1110 g/mol. The Balaban J connectivity index is 0.000000174. The smallest absolute Gasteiger partial charge is 0.245 e. The molecule has 2 aromatic heterocycles. The predicted molar refractivity (Wildman–Crippen MR) is 339 cm³/mol. The molecule has 0 saturated carbocycles. The molecule has 6 heterocycles. The lowest BCUT2D eigenvalue weighted by Crippen LogP contribution is -2.36. The summed E-state index contributed by atoms with van der Waals surface area (Å²) in [6.07, 6.45) is 11.9. The number of anilines is 4. The van der Waals surface area contributed by atoms with Crippen LogP contribution in [-0.2, 0) is 22.4 Å². The average molecular weight is 1190 g/mol. The van der Waals surface area contributed by atoms with Gasteiger partial charge in [-0.1, -0.05) is 82.5 Å². The molecule has 86 heavy (non-hydrogen) atoms. The standard InChI is InChI=1S/C31H29FN4O3.C28H27FN4O2.C6H15N.C3H3ClO/c1-3-28(37)36-14-11-19(12-15-36)22-9-10-26(30-25(22)13-16-39-30)34-31-33-18-20-5-4-6-24(29(20)35-31)23-8-7-21(32)17-27(23)38-2;1-34-25-15-19(29)5-6-21(25)22-4-2-3-18-16-31-28(33-26(18)22)32-24-8-7-20(17-9-12-30-13-10-17)23-11-14-35-27(23)24;1-4-7(5-2)6-3;1-2-3(4)5/h3-10,17-19H,1,11-16H2,2H3,(H,33,34,35);2-8,15-17,30H,9-14H2,1H3,(H,31,32,33);4-6H2,1-3H3;2H,1H2. The number of halogens is 3. The lowest BCUT2D eigenvalue weighted by Gasteiger charge is -2.32. The first-order chi connectivity index (χ1) is 41.9. The largest absolute Gasteiger partial charge is 0.496 e. The van der Waals surface area contributed by atoms with Gasteiger partial charge in [0.05, 0.1) is 49.8 Å². The number of methoxy groups -OCH3 is 2. The molecule has 12 rings (SSSR count). The van der Waals surface area contributed by atoms with Crippen molar-refractivity contribution in [3.8, 4) is 45.3 Å². The van der Waals surface area contributed by atoms with Crippen LogP contribution in [0.3, 0.4) is 0 Å². The molecule has 0 unspecified atom stereocenters. The van der Waals surface area contributed by atoms with Crippen molar-refractivity contribution in [1.82, 2.24) is 35.1 Å². The number of allylic oxidation sites excluding steroid dienone is 1. The molecule has 2 saturated heterocycles. The van der Waals surface area contributed by atoms with Crippen molar-refractivity contribution in [3.05, 3.63) is 169 Å². The van der Waals surface area contributed by atoms with E-state index in [0.717, 1.165) is 138 Å². The van der Waals surface area contributed by atoms with Crippen LogP contribution in [0.1, 0.15) is 80.5 Å². The highest BCUT2D eigenvalue weighted by Crippen LogP contribution is 2.45. The highest BCUT2D eigenvalue weighted by atomic mass is 35.5. The SMILES string of the molecule is C=CC(=O)Cl.C=CC(=O)N1CCC(c2ccc(Nc3ncc4cccc(-c5ccc(F)cc5OC)c4n3)c3c2CCO3)CC1.CCN(CC)CC.COc1cc(F)ccc1-c1cccc2cnc(Nc3ccc(C4CCNCC4)c4c3OCC4)nc12. The van der Waals surface area contributed by atoms with Gasteiger partial charge in [-0.3, -0.25) is 9.59 Å². The summed E-state index contributed by atoms with van der Waals surface area (Å²) in [5.74, 6) is 3.84. The fraction of sp³-hybridized carbons (Fsp3) is 0.324. The first-order valence-electron chi connectivity index (χ1n) is 29.4. The lowest BCUT2D eigenvalue weighted by molar-refractivity contribution is -0.127. The molecule has 0 bridgehead atoms. The molecule has 18 heteroatoms. The van der Waals surface area contributed by atoms with Crippen LogP contribution >= 0.6 is 11.6 Å². The number of carbonyl (C=O) groups is 2. The topological polar surface area (TPSA) is 165 Å². The number of hydrogen-bond donors (Lipinski definition) is 3. The number of fused-ring (bicyclic) bond motifs is 4. The number of carbonyl (C=O) groups excluding carboxylic acids is 2. The molecule has 1 amide bonds. The van der Waals surface area contributed by atoms with E-state index in [9.17, 15) is 18.4 Å². The van der Waals surface area contributed by atoms with E-state index in [1.54, 1.807) is 31.6 Å². The van der Waals surface area contributed by atoms with Crippen molar-refractivity contribution < 1.29 is 37.3 Å². The number of benzene rings is 6. The Hall–Kier alpha value is -8.51. The minimum atomic E-state index is -0.509. The number of aromatic nitrogens is 4. The number of hydrogen-bond acceptors (Lipinski definition) is 14. The summed E-state index contributed by atoms with van der Waals surface area (Å²) in [5, 5.41) is 11.5. The molecule has 448 valence electrons. The van der Waals surface area contributed by atoms with Crippen molar-refractivity contribution in [1.29, 1.82) is 0 Å². The second-order valence-electron chi connectivity index (χ2n) is 21.0. The number of ether oxygens (including phenoxy) is 4. The van der Waals surface area contributed by atoms with Gasteiger partial charge in [0.15, 0.2) is 0 Å². The highest BCUT2D eigenvalue weighted by Gasteiger charge is 2.30. The second-order valence-corrected chi connectivity index (χ2v) is 21.4. The van der Waals surface area contributed by atoms with Crippen LogP contribution in [0.5, 0.6) is 23.0 Å². The Morgan fingerprint density at radius 3 is 1.52 bits per heavy atom. The Kier molecular flexibility index (Phi) is 21.3. The zero-order chi connectivity index (χ0) is 60.7. The van der Waals surface area contributed by atoms with Gasteiger partial charge in [-0.25, -0.2) is 28.7 Å². The first-order valence-corrected chi connectivity index (χ1v) is 29.7. The molecule has 0 radical (unpaired) electrons. The van der Waals surface area contributed by atoms with Crippen LogP contribution in [0, 0.1) is 11.6 Å². The van der Waals surface area contributed by atoms with E-state index >= 15 is 0 Å². The number of nitrogens with one attached hydrogen (secondary N) is 3. The number of rotatable bonds is 15. The van der Waals surface area contributed by atoms with E-state index in [0.29, 0.717) is 48.4 Å². The van der Waals surface area contributed by atoms with Crippen molar-refractivity contribution in [3.63, 3.8) is 0 Å². The molecule has 6 aromatic carbocycles. The monoisotopic (exact) mass is 1190 g/mol. The molecule has 0 spiro atoms. The third kappa shape index (κ3) is 14.6. The van der Waals surface area contributed by atoms with Gasteiger partial charge < -0.3 is 44.7 Å². The number of nitrogens with zero attached hydrogens (tertiary/aromatic N) is 6. The van der Waals surface area contributed by atoms with E-state index in [-0.39, 0.29) is 17.5 Å². The summed E-state index contributed by atoms with van der Waals surface area (Å²) in [6, 6.07) is 29.2. The Morgan fingerprint density at radius 1 is 0.663 bits per heavy atom. The molecule has 0 atom stereocenters. The van der Waals surface area contributed by atoms with Gasteiger partial charge >= 0.3 is 0 Å². The van der Waals surface area contributed by atoms with Crippen LogP contribution in [0.2, 0.25) is 0 Å². The van der Waals surface area contributed by atoms with E-state index in [2.05, 4.69) is 82.9 Å². The quantitative estimate of drug-likeness (QED) is 0.0656. The van der Waals surface area contributed by atoms with Crippen LogP contribution < -0.4 is 34.9 Å². The van der Waals surface area contributed by atoms with Gasteiger partial charge in [0.25, 0.3) is 0 Å². The zero-order valence-corrected chi connectivity index (χ0v) is 50.2. The average Bonchev–Trinajstić information content (AvgIpc) is 2.46. The second kappa shape index (κ2) is 29.5. The maximum absolute atomic E-state index is 13.8. The highest BCUT2D eigenvalue weighted by molar-refractivity contribution is 6.66. The third-order valence-corrected chi connectivity index (χ3v) is 16.3. The summed E-state index contributed by atoms with van der Waals surface area (Å²) in [7, 11) is 3.07. The van der Waals surface area contributed by atoms with Gasteiger partial charge in [0.2, 0.25) is 23.0 Å². The van der Waals surface area contributed by atoms with E-state index in [1.165, 1.54) is 79.3 Å².